The Morgan fingerprint density at radius 3 is 3.07 bits per heavy atom. The Balaban J connectivity index is 2.00. The van der Waals surface area contributed by atoms with E-state index in [0.717, 1.165) is 12.0 Å². The summed E-state index contributed by atoms with van der Waals surface area (Å²) in [7, 11) is 2.28. The van der Waals surface area contributed by atoms with Gasteiger partial charge in [-0.1, -0.05) is 24.3 Å². The predicted octanol–water partition coefficient (Wildman–Crippen LogP) is 2.42. The molecule has 0 saturated carbocycles. The van der Waals surface area contributed by atoms with Crippen molar-refractivity contribution in [2.45, 2.75) is 31.2 Å². The highest BCUT2D eigenvalue weighted by atomic mass is 15.1. The minimum Gasteiger partial charge on any atom is -0.302 e. The zero-order valence-corrected chi connectivity index (χ0v) is 8.74. The molecule has 2 atom stereocenters. The van der Waals surface area contributed by atoms with Gasteiger partial charge in [0.1, 0.15) is 0 Å². The summed E-state index contributed by atoms with van der Waals surface area (Å²) in [6.45, 7) is 1.29. The normalized spacial score (nSPS) is 31.2. The minimum absolute atomic E-state index is 0.793. The minimum atomic E-state index is 0.793. The summed E-state index contributed by atoms with van der Waals surface area (Å²) in [5.41, 5.74) is 3.22. The highest BCUT2D eigenvalue weighted by molar-refractivity contribution is 5.38. The second-order valence-corrected chi connectivity index (χ2v) is 4.70. The Hall–Kier alpha value is -0.820. The van der Waals surface area contributed by atoms with Crippen LogP contribution in [-0.4, -0.2) is 24.5 Å². The summed E-state index contributed by atoms with van der Waals surface area (Å²) in [4.78, 5) is 2.55. The molecule has 3 rings (SSSR count). The van der Waals surface area contributed by atoms with Gasteiger partial charge in [0.25, 0.3) is 0 Å². The summed E-state index contributed by atoms with van der Waals surface area (Å²) in [6, 6.07) is 9.80. The maximum absolute atomic E-state index is 2.55. The first-order chi connectivity index (χ1) is 6.86. The average molecular weight is 187 g/mol. The molecule has 1 heteroatoms. The molecule has 1 aromatic carbocycles. The molecule has 1 aliphatic carbocycles. The van der Waals surface area contributed by atoms with Crippen LogP contribution >= 0.6 is 0 Å². The van der Waals surface area contributed by atoms with Gasteiger partial charge in [-0.15, -0.1) is 0 Å². The second-order valence-electron chi connectivity index (χ2n) is 4.70. The SMILES string of the molecule is CN1CCCC2c3ccccc3CC21. The van der Waals surface area contributed by atoms with E-state index in [1.165, 1.54) is 25.8 Å². The van der Waals surface area contributed by atoms with Crippen LogP contribution < -0.4 is 0 Å². The molecule has 1 aromatic rings. The summed E-state index contributed by atoms with van der Waals surface area (Å²) in [6.07, 6.45) is 4.04. The van der Waals surface area contributed by atoms with Gasteiger partial charge in [0.05, 0.1) is 0 Å². The topological polar surface area (TPSA) is 3.24 Å². The second kappa shape index (κ2) is 3.09. The average Bonchev–Trinajstić information content (AvgIpc) is 2.59. The van der Waals surface area contributed by atoms with Crippen LogP contribution in [0.2, 0.25) is 0 Å². The van der Waals surface area contributed by atoms with E-state index in [0.29, 0.717) is 0 Å². The van der Waals surface area contributed by atoms with Crippen molar-refractivity contribution in [3.8, 4) is 0 Å². The van der Waals surface area contributed by atoms with Gasteiger partial charge in [-0.2, -0.15) is 0 Å². The van der Waals surface area contributed by atoms with E-state index in [2.05, 4.69) is 36.2 Å². The fourth-order valence-electron chi connectivity index (χ4n) is 3.19. The quantitative estimate of drug-likeness (QED) is 0.603. The molecule has 0 N–H and O–H groups in total. The van der Waals surface area contributed by atoms with Crippen molar-refractivity contribution < 1.29 is 0 Å². The maximum atomic E-state index is 2.55. The molecule has 2 aliphatic rings. The molecular weight excluding hydrogens is 170 g/mol. The first kappa shape index (κ1) is 8.49. The number of rotatable bonds is 0. The zero-order chi connectivity index (χ0) is 9.54. The van der Waals surface area contributed by atoms with Crippen molar-refractivity contribution in [3.05, 3.63) is 35.4 Å². The van der Waals surface area contributed by atoms with Crippen molar-refractivity contribution >= 4 is 0 Å². The Bertz CT molecular complexity index is 345. The van der Waals surface area contributed by atoms with Crippen molar-refractivity contribution in [1.82, 2.24) is 4.90 Å². The predicted molar refractivity (Wildman–Crippen MR) is 58.5 cm³/mol. The number of piperidine rings is 1. The molecule has 0 aromatic heterocycles. The first-order valence-corrected chi connectivity index (χ1v) is 5.64. The van der Waals surface area contributed by atoms with Crippen LogP contribution in [0.25, 0.3) is 0 Å². The molecule has 1 heterocycles. The van der Waals surface area contributed by atoms with Gasteiger partial charge < -0.3 is 4.90 Å². The van der Waals surface area contributed by atoms with Gasteiger partial charge in [-0.05, 0) is 44.0 Å². The number of nitrogens with zero attached hydrogens (tertiary/aromatic N) is 1. The van der Waals surface area contributed by atoms with E-state index in [1.807, 2.05) is 0 Å². The van der Waals surface area contributed by atoms with Crippen molar-refractivity contribution in [2.24, 2.45) is 0 Å². The number of hydrogen-bond donors (Lipinski definition) is 0. The van der Waals surface area contributed by atoms with Gasteiger partial charge in [0, 0.05) is 12.0 Å². The number of likely N-dealkylation sites (tertiary alicyclic amines) is 1. The lowest BCUT2D eigenvalue weighted by molar-refractivity contribution is 0.172. The van der Waals surface area contributed by atoms with Crippen LogP contribution in [-0.2, 0) is 6.42 Å². The fourth-order valence-corrected chi connectivity index (χ4v) is 3.19. The Morgan fingerprint density at radius 1 is 1.29 bits per heavy atom. The molecule has 0 spiro atoms. The molecule has 1 aliphatic heterocycles. The molecule has 2 unspecified atom stereocenters. The lowest BCUT2D eigenvalue weighted by atomic mass is 9.89. The molecule has 0 amide bonds. The molecule has 1 fully saturated rings. The van der Waals surface area contributed by atoms with Crippen LogP contribution in [0.5, 0.6) is 0 Å². The van der Waals surface area contributed by atoms with Crippen molar-refractivity contribution in [2.75, 3.05) is 13.6 Å². The van der Waals surface area contributed by atoms with Gasteiger partial charge >= 0.3 is 0 Å². The molecule has 0 radical (unpaired) electrons. The number of fused-ring (bicyclic) bond motifs is 3. The molecule has 1 nitrogen and oxygen atoms in total. The molecule has 74 valence electrons. The largest absolute Gasteiger partial charge is 0.302 e. The Morgan fingerprint density at radius 2 is 2.14 bits per heavy atom. The van der Waals surface area contributed by atoms with Crippen LogP contribution in [0.3, 0.4) is 0 Å². The van der Waals surface area contributed by atoms with E-state index >= 15 is 0 Å². The third kappa shape index (κ3) is 1.12. The van der Waals surface area contributed by atoms with Crippen LogP contribution in [0, 0.1) is 0 Å². The van der Waals surface area contributed by atoms with E-state index in [4.69, 9.17) is 0 Å². The third-order valence-corrected chi connectivity index (χ3v) is 3.94. The maximum Gasteiger partial charge on any atom is 0.0201 e. The van der Waals surface area contributed by atoms with Gasteiger partial charge in [0.15, 0.2) is 0 Å². The first-order valence-electron chi connectivity index (χ1n) is 5.64. The van der Waals surface area contributed by atoms with Gasteiger partial charge in [-0.3, -0.25) is 0 Å². The standard InChI is InChI=1S/C13H17N/c1-14-8-4-7-12-11-6-3-2-5-10(11)9-13(12)14/h2-3,5-6,12-13H,4,7-9H2,1H3. The van der Waals surface area contributed by atoms with E-state index in [1.54, 1.807) is 11.1 Å². The molecule has 14 heavy (non-hydrogen) atoms. The fraction of sp³-hybridized carbons (Fsp3) is 0.538. The van der Waals surface area contributed by atoms with Crippen molar-refractivity contribution in [1.29, 1.82) is 0 Å². The molecule has 0 bridgehead atoms. The lowest BCUT2D eigenvalue weighted by Crippen LogP contribution is -2.39. The van der Waals surface area contributed by atoms with Crippen LogP contribution in [0.15, 0.2) is 24.3 Å². The van der Waals surface area contributed by atoms with Gasteiger partial charge in [-0.25, -0.2) is 0 Å². The van der Waals surface area contributed by atoms with Crippen molar-refractivity contribution in [3.63, 3.8) is 0 Å². The Kier molecular flexibility index (Phi) is 1.88. The smallest absolute Gasteiger partial charge is 0.0201 e. The molecule has 1 saturated heterocycles. The zero-order valence-electron chi connectivity index (χ0n) is 8.74. The van der Waals surface area contributed by atoms with Gasteiger partial charge in [0.2, 0.25) is 0 Å². The third-order valence-electron chi connectivity index (χ3n) is 3.94. The van der Waals surface area contributed by atoms with E-state index in [9.17, 15) is 0 Å². The summed E-state index contributed by atoms with van der Waals surface area (Å²) < 4.78 is 0. The summed E-state index contributed by atoms with van der Waals surface area (Å²) in [5, 5.41) is 0. The lowest BCUT2D eigenvalue weighted by Gasteiger charge is -2.35. The summed E-state index contributed by atoms with van der Waals surface area (Å²) >= 11 is 0. The molecular formula is C13H17N. The number of hydrogen-bond acceptors (Lipinski definition) is 1. The summed E-state index contributed by atoms with van der Waals surface area (Å²) in [5.74, 6) is 0.824. The number of likely N-dealkylation sites (N-methyl/N-ethyl adjacent to an activating group) is 1. The number of benzene rings is 1. The van der Waals surface area contributed by atoms with Crippen LogP contribution in [0.4, 0.5) is 0 Å². The van der Waals surface area contributed by atoms with E-state index < -0.39 is 0 Å². The highest BCUT2D eigenvalue weighted by Crippen LogP contribution is 2.41. The monoisotopic (exact) mass is 187 g/mol. The Labute approximate surface area is 85.7 Å². The highest BCUT2D eigenvalue weighted by Gasteiger charge is 2.36. The van der Waals surface area contributed by atoms with Crippen LogP contribution in [0.1, 0.15) is 29.9 Å². The van der Waals surface area contributed by atoms with E-state index in [-0.39, 0.29) is 0 Å².